The van der Waals surface area contributed by atoms with Crippen LogP contribution in [-0.4, -0.2) is 76.0 Å². The lowest BCUT2D eigenvalue weighted by molar-refractivity contribution is -0.170. The number of carbonyl (C=O) groups excluding carboxylic acids is 3. The average Bonchev–Trinajstić information content (AvgIpc) is 3.40. The summed E-state index contributed by atoms with van der Waals surface area (Å²) in [5, 5.41) is 5.99. The van der Waals surface area contributed by atoms with E-state index in [0.29, 0.717) is 73.6 Å². The maximum absolute atomic E-state index is 14.0. The zero-order valence-electron chi connectivity index (χ0n) is 28.9. The second-order valence-electron chi connectivity index (χ2n) is 13.6. The number of benzene rings is 2. The fourth-order valence-corrected chi connectivity index (χ4v) is 7.90. The number of halogens is 3. The molecule has 2 aromatic carbocycles. The van der Waals surface area contributed by atoms with Gasteiger partial charge in [-0.05, 0) is 105 Å². The third-order valence-corrected chi connectivity index (χ3v) is 10.6. The summed E-state index contributed by atoms with van der Waals surface area (Å²) in [7, 11) is 0. The van der Waals surface area contributed by atoms with E-state index in [-0.39, 0.29) is 36.4 Å². The van der Waals surface area contributed by atoms with Crippen molar-refractivity contribution in [3.63, 3.8) is 0 Å². The number of nitrogens with one attached hydrogen (secondary N) is 2. The Bertz CT molecular complexity index is 1800. The molecule has 50 heavy (non-hydrogen) atoms. The topological polar surface area (TPSA) is 100 Å². The minimum Gasteiger partial charge on any atom is -0.381 e. The highest BCUT2D eigenvalue weighted by Gasteiger charge is 2.52. The lowest BCUT2D eigenvalue weighted by Crippen LogP contribution is -2.45. The van der Waals surface area contributed by atoms with E-state index in [1.165, 1.54) is 0 Å². The number of rotatable bonds is 7. The van der Waals surface area contributed by atoms with Crippen molar-refractivity contribution < 1.29 is 37.0 Å². The molecular formula is C38H43F3N4O5. The third-order valence-electron chi connectivity index (χ3n) is 10.6. The molecule has 2 saturated heterocycles. The Labute approximate surface area is 290 Å². The fourth-order valence-electron chi connectivity index (χ4n) is 7.90. The number of carbonyl (C=O) groups is 2. The number of allylic oxidation sites excluding steroid dienone is 3. The van der Waals surface area contributed by atoms with Crippen molar-refractivity contribution in [3.8, 4) is 11.1 Å². The highest BCUT2D eigenvalue weighted by atomic mass is 19.4. The molecule has 0 atom stereocenters. The monoisotopic (exact) mass is 692 g/mol. The van der Waals surface area contributed by atoms with E-state index in [2.05, 4.69) is 22.5 Å². The first-order valence-corrected chi connectivity index (χ1v) is 17.2. The van der Waals surface area contributed by atoms with Gasteiger partial charge in [0.25, 0.3) is 5.91 Å². The number of hydrogen-bond acceptors (Lipinski definition) is 7. The lowest BCUT2D eigenvalue weighted by atomic mass is 9.75. The van der Waals surface area contributed by atoms with Crippen LogP contribution >= 0.6 is 0 Å². The highest BCUT2D eigenvalue weighted by Crippen LogP contribution is 2.49. The predicted octanol–water partition coefficient (Wildman–Crippen LogP) is 5.89. The summed E-state index contributed by atoms with van der Waals surface area (Å²) in [5.41, 5.74) is 6.07. The van der Waals surface area contributed by atoms with Gasteiger partial charge in [0.05, 0.1) is 0 Å². The van der Waals surface area contributed by atoms with Crippen molar-refractivity contribution in [1.82, 2.24) is 10.6 Å². The first kappa shape index (κ1) is 35.4. The van der Waals surface area contributed by atoms with E-state index in [4.69, 9.17) is 9.47 Å². The standard InChI is InChI=1S/C38H43F3N4O5/c1-5-44(28-8-12-49-13-9-28)33-19-27(17-29(25(33)4)35(47)42-20-30-23(2)16-24(3)43-32(30)21-46)26-6-7-31-34(18-26)45(36(48)38(39,40)41)22-37(31)10-14-50-15-11-37/h6-7,16-19,28,43H,5,8-15,20,22H2,1-4H3,(H,42,47). The highest BCUT2D eigenvalue weighted by molar-refractivity contribution is 6.02. The molecule has 0 bridgehead atoms. The number of nitrogens with zero attached hydrogens (tertiary/aromatic N) is 2. The minimum atomic E-state index is -5.04. The van der Waals surface area contributed by atoms with Crippen molar-refractivity contribution in [2.24, 2.45) is 0 Å². The second-order valence-corrected chi connectivity index (χ2v) is 13.6. The number of alkyl halides is 3. The predicted molar refractivity (Wildman–Crippen MR) is 185 cm³/mol. The van der Waals surface area contributed by atoms with Crippen LogP contribution in [0.25, 0.3) is 11.1 Å². The molecule has 0 saturated carbocycles. The van der Waals surface area contributed by atoms with Gasteiger partial charge >= 0.3 is 12.1 Å². The molecule has 0 radical (unpaired) electrons. The van der Waals surface area contributed by atoms with Gasteiger partial charge in [0, 0.05) is 85.7 Å². The van der Waals surface area contributed by atoms with Gasteiger partial charge in [-0.15, -0.1) is 0 Å². The zero-order chi connectivity index (χ0) is 35.8. The van der Waals surface area contributed by atoms with Crippen LogP contribution in [0.15, 0.2) is 58.9 Å². The van der Waals surface area contributed by atoms with E-state index in [1.54, 1.807) is 12.1 Å². The van der Waals surface area contributed by atoms with Crippen molar-refractivity contribution in [2.75, 3.05) is 55.9 Å². The summed E-state index contributed by atoms with van der Waals surface area (Å²) in [6, 6.07) is 9.27. The molecule has 4 aliphatic heterocycles. The van der Waals surface area contributed by atoms with E-state index in [0.717, 1.165) is 40.3 Å². The molecule has 0 aliphatic carbocycles. The van der Waals surface area contributed by atoms with Crippen molar-refractivity contribution in [1.29, 1.82) is 0 Å². The first-order valence-electron chi connectivity index (χ1n) is 17.2. The van der Waals surface area contributed by atoms with E-state index < -0.39 is 17.5 Å². The van der Waals surface area contributed by atoms with Gasteiger partial charge in [-0.2, -0.15) is 13.2 Å². The van der Waals surface area contributed by atoms with Gasteiger partial charge in [-0.1, -0.05) is 12.1 Å². The molecule has 2 fully saturated rings. The van der Waals surface area contributed by atoms with Gasteiger partial charge in [0.1, 0.15) is 5.70 Å². The molecule has 266 valence electrons. The van der Waals surface area contributed by atoms with Crippen molar-refractivity contribution in [2.45, 2.75) is 71.0 Å². The first-order chi connectivity index (χ1) is 23.9. The van der Waals surface area contributed by atoms with E-state index in [1.807, 2.05) is 51.0 Å². The maximum atomic E-state index is 14.0. The van der Waals surface area contributed by atoms with Crippen LogP contribution in [0.1, 0.15) is 67.9 Å². The third kappa shape index (κ3) is 6.72. The number of amides is 2. The van der Waals surface area contributed by atoms with Crippen LogP contribution in [0.3, 0.4) is 0 Å². The quantitative estimate of drug-likeness (QED) is 0.349. The van der Waals surface area contributed by atoms with Gasteiger partial charge < -0.3 is 29.9 Å². The Morgan fingerprint density at radius 2 is 1.74 bits per heavy atom. The normalized spacial score (nSPS) is 19.1. The molecule has 9 nitrogen and oxygen atoms in total. The summed E-state index contributed by atoms with van der Waals surface area (Å²) in [6.07, 6.45) is -0.494. The molecule has 6 rings (SSSR count). The van der Waals surface area contributed by atoms with Gasteiger partial charge in [0.15, 0.2) is 5.94 Å². The van der Waals surface area contributed by atoms with E-state index >= 15 is 0 Å². The Morgan fingerprint density at radius 1 is 1.04 bits per heavy atom. The Kier molecular flexibility index (Phi) is 9.99. The van der Waals surface area contributed by atoms with Gasteiger partial charge in [-0.25, -0.2) is 4.79 Å². The summed E-state index contributed by atoms with van der Waals surface area (Å²) >= 11 is 0. The van der Waals surface area contributed by atoms with Gasteiger partial charge in [0.2, 0.25) is 0 Å². The van der Waals surface area contributed by atoms with Crippen LogP contribution in [0.2, 0.25) is 0 Å². The van der Waals surface area contributed by atoms with Crippen LogP contribution < -0.4 is 20.4 Å². The summed E-state index contributed by atoms with van der Waals surface area (Å²) in [5.74, 6) is -0.318. The van der Waals surface area contributed by atoms with Crippen molar-refractivity contribution >= 4 is 29.1 Å². The van der Waals surface area contributed by atoms with E-state index in [9.17, 15) is 27.6 Å². The lowest BCUT2D eigenvalue weighted by Gasteiger charge is -2.37. The number of ether oxygens (including phenoxy) is 2. The largest absolute Gasteiger partial charge is 0.471 e. The molecule has 12 heteroatoms. The maximum Gasteiger partial charge on any atom is 0.471 e. The number of fused-ring (bicyclic) bond motifs is 2. The fraction of sp³-hybridized carbons (Fsp3) is 0.474. The minimum absolute atomic E-state index is 0.0658. The van der Waals surface area contributed by atoms with Crippen LogP contribution in [-0.2, 0) is 24.5 Å². The summed E-state index contributed by atoms with van der Waals surface area (Å²) in [6.45, 7) is 10.4. The molecule has 1 spiro atoms. The molecule has 4 aliphatic rings. The van der Waals surface area contributed by atoms with Crippen LogP contribution in [0, 0.1) is 6.92 Å². The second kappa shape index (κ2) is 14.1. The molecule has 0 unspecified atom stereocenters. The molecule has 0 aromatic heterocycles. The Balaban J connectivity index is 1.44. The molecular weight excluding hydrogens is 649 g/mol. The summed E-state index contributed by atoms with van der Waals surface area (Å²) < 4.78 is 52.9. The number of anilines is 2. The molecule has 2 N–H and O–H groups in total. The molecule has 2 amide bonds. The Hall–Kier alpha value is -4.38. The summed E-state index contributed by atoms with van der Waals surface area (Å²) in [4.78, 5) is 41.7. The average molecular weight is 693 g/mol. The molecule has 4 heterocycles. The Morgan fingerprint density at radius 3 is 2.40 bits per heavy atom. The van der Waals surface area contributed by atoms with Crippen LogP contribution in [0.5, 0.6) is 0 Å². The zero-order valence-corrected chi connectivity index (χ0v) is 28.9. The molecule has 2 aromatic rings. The van der Waals surface area contributed by atoms with Crippen LogP contribution in [0.4, 0.5) is 24.5 Å². The SMILES string of the molecule is CCN(c1cc(-c2ccc3c(c2)N(C(=O)C(F)(F)F)CC32CCOCC2)cc(C(=O)NCC2=C(C)C=C(C)NC2=C=O)c1C)C1CCOCC1. The smallest absolute Gasteiger partial charge is 0.381 e. The number of hydrogen-bond donors (Lipinski definition) is 2. The number of dihydropyridines is 1. The van der Waals surface area contributed by atoms with Crippen molar-refractivity contribution in [3.05, 3.63) is 75.6 Å². The van der Waals surface area contributed by atoms with Gasteiger partial charge in [-0.3, -0.25) is 9.59 Å².